The zero-order chi connectivity index (χ0) is 10.7. The third-order valence-electron chi connectivity index (χ3n) is 2.89. The van der Waals surface area contributed by atoms with Crippen LogP contribution in [0.15, 0.2) is 18.3 Å². The van der Waals surface area contributed by atoms with Crippen molar-refractivity contribution in [3.63, 3.8) is 0 Å². The second-order valence-corrected chi connectivity index (χ2v) is 4.13. The monoisotopic (exact) mass is 206 g/mol. The molecule has 1 aromatic heterocycles. The summed E-state index contributed by atoms with van der Waals surface area (Å²) in [5, 5.41) is 9.25. The molecule has 0 bridgehead atoms. The normalized spacial score (nSPS) is 15.3. The summed E-state index contributed by atoms with van der Waals surface area (Å²) < 4.78 is 0. The topological polar surface area (TPSA) is 36.4 Å². The van der Waals surface area contributed by atoms with E-state index in [1.165, 1.54) is 12.8 Å². The summed E-state index contributed by atoms with van der Waals surface area (Å²) in [6.07, 6.45) is 4.49. The van der Waals surface area contributed by atoms with E-state index in [0.29, 0.717) is 0 Å². The molecule has 1 saturated carbocycles. The fourth-order valence-corrected chi connectivity index (χ4v) is 1.82. The first-order valence-corrected chi connectivity index (χ1v) is 5.64. The summed E-state index contributed by atoms with van der Waals surface area (Å²) in [4.78, 5) is 6.63. The summed E-state index contributed by atoms with van der Waals surface area (Å²) >= 11 is 0. The molecule has 3 nitrogen and oxygen atoms in total. The van der Waals surface area contributed by atoms with Crippen LogP contribution >= 0.6 is 0 Å². The van der Waals surface area contributed by atoms with Gasteiger partial charge in [-0.2, -0.15) is 0 Å². The van der Waals surface area contributed by atoms with Crippen LogP contribution in [0.25, 0.3) is 0 Å². The lowest BCUT2D eigenvalue weighted by Gasteiger charge is -2.23. The van der Waals surface area contributed by atoms with Gasteiger partial charge < -0.3 is 10.0 Å². The summed E-state index contributed by atoms with van der Waals surface area (Å²) in [6.45, 7) is 4.25. The minimum absolute atomic E-state index is 0.0737. The average Bonchev–Trinajstić information content (AvgIpc) is 3.10. The Morgan fingerprint density at radius 2 is 2.33 bits per heavy atom. The van der Waals surface area contributed by atoms with Crippen LogP contribution in [0, 0.1) is 5.92 Å². The molecule has 0 amide bonds. The van der Waals surface area contributed by atoms with E-state index in [-0.39, 0.29) is 6.61 Å². The van der Waals surface area contributed by atoms with Gasteiger partial charge in [0, 0.05) is 24.8 Å². The molecule has 0 atom stereocenters. The van der Waals surface area contributed by atoms with Gasteiger partial charge in [-0.3, -0.25) is 0 Å². The first-order chi connectivity index (χ1) is 7.35. The van der Waals surface area contributed by atoms with Crippen molar-refractivity contribution < 1.29 is 5.11 Å². The number of hydrogen-bond acceptors (Lipinski definition) is 3. The standard InChI is InChI=1S/C12H18N2O/c1-2-14(8-10-5-6-10)12-11(9-15)4-3-7-13-12/h3-4,7,10,15H,2,5-6,8-9H2,1H3. The molecule has 0 spiro atoms. The van der Waals surface area contributed by atoms with Gasteiger partial charge >= 0.3 is 0 Å². The molecule has 2 rings (SSSR count). The van der Waals surface area contributed by atoms with E-state index in [4.69, 9.17) is 0 Å². The highest BCUT2D eigenvalue weighted by Crippen LogP contribution is 2.31. The second kappa shape index (κ2) is 4.62. The third kappa shape index (κ3) is 2.48. The number of hydrogen-bond donors (Lipinski definition) is 1. The molecule has 15 heavy (non-hydrogen) atoms. The van der Waals surface area contributed by atoms with Crippen molar-refractivity contribution in [3.8, 4) is 0 Å². The number of rotatable bonds is 5. The van der Waals surface area contributed by atoms with Crippen LogP contribution in [-0.4, -0.2) is 23.2 Å². The summed E-state index contributed by atoms with van der Waals surface area (Å²) in [5.41, 5.74) is 0.931. The Balaban J connectivity index is 2.15. The number of nitrogens with zero attached hydrogens (tertiary/aromatic N) is 2. The van der Waals surface area contributed by atoms with Crippen molar-refractivity contribution in [3.05, 3.63) is 23.9 Å². The zero-order valence-corrected chi connectivity index (χ0v) is 9.19. The Kier molecular flexibility index (Phi) is 3.21. The predicted octanol–water partition coefficient (Wildman–Crippen LogP) is 1.81. The predicted molar refractivity (Wildman–Crippen MR) is 60.8 cm³/mol. The fourth-order valence-electron chi connectivity index (χ4n) is 1.82. The summed E-state index contributed by atoms with van der Waals surface area (Å²) in [7, 11) is 0. The largest absolute Gasteiger partial charge is 0.392 e. The van der Waals surface area contributed by atoms with Crippen molar-refractivity contribution in [2.45, 2.75) is 26.4 Å². The third-order valence-corrected chi connectivity index (χ3v) is 2.89. The van der Waals surface area contributed by atoms with E-state index in [2.05, 4.69) is 16.8 Å². The molecule has 1 N–H and O–H groups in total. The number of anilines is 1. The van der Waals surface area contributed by atoms with Crippen LogP contribution in [0.1, 0.15) is 25.3 Å². The van der Waals surface area contributed by atoms with Gasteiger partial charge in [-0.05, 0) is 31.7 Å². The Morgan fingerprint density at radius 1 is 1.53 bits per heavy atom. The lowest BCUT2D eigenvalue weighted by molar-refractivity contribution is 0.281. The van der Waals surface area contributed by atoms with Gasteiger partial charge in [0.15, 0.2) is 0 Å². The highest BCUT2D eigenvalue weighted by atomic mass is 16.3. The lowest BCUT2D eigenvalue weighted by atomic mass is 10.2. The molecule has 1 aliphatic carbocycles. The highest BCUT2D eigenvalue weighted by Gasteiger charge is 2.24. The fraction of sp³-hybridized carbons (Fsp3) is 0.583. The van der Waals surface area contributed by atoms with Crippen molar-refractivity contribution in [1.29, 1.82) is 0 Å². The first-order valence-electron chi connectivity index (χ1n) is 5.64. The molecule has 1 fully saturated rings. The molecule has 0 radical (unpaired) electrons. The van der Waals surface area contributed by atoms with Crippen LogP contribution < -0.4 is 4.90 Å². The first kappa shape index (κ1) is 10.4. The Bertz CT molecular complexity index is 323. The zero-order valence-electron chi connectivity index (χ0n) is 9.19. The Morgan fingerprint density at radius 3 is 2.93 bits per heavy atom. The number of aromatic nitrogens is 1. The molecular formula is C12H18N2O. The maximum Gasteiger partial charge on any atom is 0.134 e. The number of pyridine rings is 1. The molecule has 1 aromatic rings. The van der Waals surface area contributed by atoms with E-state index in [0.717, 1.165) is 30.4 Å². The number of aliphatic hydroxyl groups excluding tert-OH is 1. The minimum atomic E-state index is 0.0737. The molecule has 0 aliphatic heterocycles. The molecule has 1 aliphatic rings. The average molecular weight is 206 g/mol. The molecule has 0 unspecified atom stereocenters. The Labute approximate surface area is 90.8 Å². The van der Waals surface area contributed by atoms with Crippen molar-refractivity contribution >= 4 is 5.82 Å². The SMILES string of the molecule is CCN(CC1CC1)c1ncccc1CO. The molecule has 82 valence electrons. The van der Waals surface area contributed by atoms with E-state index >= 15 is 0 Å². The van der Waals surface area contributed by atoms with Gasteiger partial charge in [0.2, 0.25) is 0 Å². The smallest absolute Gasteiger partial charge is 0.134 e. The molecule has 3 heteroatoms. The van der Waals surface area contributed by atoms with E-state index < -0.39 is 0 Å². The summed E-state index contributed by atoms with van der Waals surface area (Å²) in [5.74, 6) is 1.80. The van der Waals surface area contributed by atoms with Gasteiger partial charge in [0.25, 0.3) is 0 Å². The van der Waals surface area contributed by atoms with Gasteiger partial charge in [-0.1, -0.05) is 6.07 Å². The quantitative estimate of drug-likeness (QED) is 0.798. The van der Waals surface area contributed by atoms with Gasteiger partial charge in [0.1, 0.15) is 5.82 Å². The van der Waals surface area contributed by atoms with Crippen LogP contribution in [0.4, 0.5) is 5.82 Å². The van der Waals surface area contributed by atoms with E-state index in [1.54, 1.807) is 6.20 Å². The maximum absolute atomic E-state index is 9.25. The van der Waals surface area contributed by atoms with Crippen LogP contribution in [0.3, 0.4) is 0 Å². The Hall–Kier alpha value is -1.09. The van der Waals surface area contributed by atoms with Gasteiger partial charge in [0.05, 0.1) is 6.61 Å². The molecule has 0 saturated heterocycles. The second-order valence-electron chi connectivity index (χ2n) is 4.13. The van der Waals surface area contributed by atoms with Crippen molar-refractivity contribution in [2.75, 3.05) is 18.0 Å². The molecule has 0 aromatic carbocycles. The van der Waals surface area contributed by atoms with Crippen LogP contribution in [0.2, 0.25) is 0 Å². The lowest BCUT2D eigenvalue weighted by Crippen LogP contribution is -2.27. The van der Waals surface area contributed by atoms with E-state index in [1.807, 2.05) is 12.1 Å². The van der Waals surface area contributed by atoms with Crippen molar-refractivity contribution in [2.24, 2.45) is 5.92 Å². The highest BCUT2D eigenvalue weighted by molar-refractivity contribution is 5.46. The summed E-state index contributed by atoms with van der Waals surface area (Å²) in [6, 6.07) is 3.82. The van der Waals surface area contributed by atoms with E-state index in [9.17, 15) is 5.11 Å². The minimum Gasteiger partial charge on any atom is -0.392 e. The molecular weight excluding hydrogens is 188 g/mol. The number of aliphatic hydroxyl groups is 1. The van der Waals surface area contributed by atoms with Crippen molar-refractivity contribution in [1.82, 2.24) is 4.98 Å². The van der Waals surface area contributed by atoms with Crippen LogP contribution in [0.5, 0.6) is 0 Å². The molecule has 1 heterocycles. The van der Waals surface area contributed by atoms with Crippen LogP contribution in [-0.2, 0) is 6.61 Å². The maximum atomic E-state index is 9.25. The van der Waals surface area contributed by atoms with Gasteiger partial charge in [-0.15, -0.1) is 0 Å². The van der Waals surface area contributed by atoms with Gasteiger partial charge in [-0.25, -0.2) is 4.98 Å².